The molecule has 1 saturated carbocycles. The maximum atomic E-state index is 9.94. The number of aromatic nitrogens is 1. The second-order valence-electron chi connectivity index (χ2n) is 8.22. The van der Waals surface area contributed by atoms with Gasteiger partial charge in [-0.1, -0.05) is 12.1 Å². The van der Waals surface area contributed by atoms with Crippen molar-refractivity contribution in [1.82, 2.24) is 4.57 Å². The number of hydrogen-bond acceptors (Lipinski definition) is 3. The van der Waals surface area contributed by atoms with Crippen LogP contribution in [0.15, 0.2) is 36.5 Å². The minimum atomic E-state index is -0.159. The Morgan fingerprint density at radius 1 is 1.14 bits per heavy atom. The smallest absolute Gasteiger partial charge is 0.0994 e. The molecule has 1 aliphatic heterocycles. The first-order valence-electron chi connectivity index (χ1n) is 10.2. The van der Waals surface area contributed by atoms with Gasteiger partial charge in [0.1, 0.15) is 0 Å². The molecule has 2 aromatic carbocycles. The number of aryl methyl sites for hydroxylation is 1. The quantitative estimate of drug-likeness (QED) is 0.671. The number of nitrogens with zero attached hydrogens (tertiary/aromatic N) is 2. The second kappa shape index (κ2) is 6.68. The van der Waals surface area contributed by atoms with Crippen LogP contribution in [0.1, 0.15) is 48.4 Å². The largest absolute Gasteiger partial charge is 0.393 e. The van der Waals surface area contributed by atoms with Gasteiger partial charge in [0, 0.05) is 40.9 Å². The fourth-order valence-electron chi connectivity index (χ4n) is 4.97. The molecule has 0 radical (unpaired) electrons. The van der Waals surface area contributed by atoms with E-state index >= 15 is 0 Å². The van der Waals surface area contributed by atoms with Crippen LogP contribution < -0.4 is 5.32 Å². The van der Waals surface area contributed by atoms with Crippen molar-refractivity contribution in [3.63, 3.8) is 0 Å². The molecule has 2 heterocycles. The summed E-state index contributed by atoms with van der Waals surface area (Å²) in [6.07, 6.45) is 6.88. The molecule has 4 nitrogen and oxygen atoms in total. The van der Waals surface area contributed by atoms with Gasteiger partial charge in [-0.15, -0.1) is 0 Å². The van der Waals surface area contributed by atoms with Crippen LogP contribution in [0.25, 0.3) is 22.0 Å². The van der Waals surface area contributed by atoms with Gasteiger partial charge in [0.2, 0.25) is 0 Å². The van der Waals surface area contributed by atoms with Gasteiger partial charge < -0.3 is 15.0 Å². The number of aliphatic hydroxyl groups is 1. The summed E-state index contributed by atoms with van der Waals surface area (Å²) in [7, 11) is 0. The molecule has 1 fully saturated rings. The van der Waals surface area contributed by atoms with Gasteiger partial charge in [0.15, 0.2) is 0 Å². The molecule has 0 saturated heterocycles. The van der Waals surface area contributed by atoms with E-state index in [2.05, 4.69) is 52.5 Å². The Morgan fingerprint density at radius 3 is 2.75 bits per heavy atom. The van der Waals surface area contributed by atoms with E-state index in [1.165, 1.54) is 27.9 Å². The Kier molecular flexibility index (Phi) is 4.14. The minimum absolute atomic E-state index is 0.159. The van der Waals surface area contributed by atoms with E-state index in [1.807, 2.05) is 6.92 Å². The first-order valence-corrected chi connectivity index (χ1v) is 10.2. The number of anilines is 1. The highest BCUT2D eigenvalue weighted by atomic mass is 16.3. The highest BCUT2D eigenvalue weighted by Crippen LogP contribution is 2.41. The lowest BCUT2D eigenvalue weighted by Crippen LogP contribution is -2.20. The van der Waals surface area contributed by atoms with Crippen molar-refractivity contribution in [2.75, 3.05) is 11.9 Å². The highest BCUT2D eigenvalue weighted by molar-refractivity contribution is 5.99. The third-order valence-corrected chi connectivity index (χ3v) is 6.52. The van der Waals surface area contributed by atoms with Crippen molar-refractivity contribution in [3.05, 3.63) is 53.2 Å². The normalized spacial score (nSPS) is 21.3. The first-order chi connectivity index (χ1) is 13.7. The van der Waals surface area contributed by atoms with Crippen LogP contribution in [0.3, 0.4) is 0 Å². The molecule has 3 aromatic rings. The topological polar surface area (TPSA) is 61.0 Å². The molecule has 2 aliphatic rings. The van der Waals surface area contributed by atoms with Crippen LogP contribution in [0, 0.1) is 18.3 Å². The van der Waals surface area contributed by atoms with Gasteiger partial charge >= 0.3 is 0 Å². The van der Waals surface area contributed by atoms with Crippen molar-refractivity contribution < 1.29 is 5.11 Å². The summed E-state index contributed by atoms with van der Waals surface area (Å²) in [6, 6.07) is 13.5. The van der Waals surface area contributed by atoms with E-state index in [1.54, 1.807) is 0 Å². The van der Waals surface area contributed by atoms with Crippen LogP contribution in [-0.2, 0) is 6.42 Å². The van der Waals surface area contributed by atoms with Crippen LogP contribution in [0.5, 0.6) is 0 Å². The van der Waals surface area contributed by atoms with E-state index in [0.717, 1.165) is 55.2 Å². The maximum Gasteiger partial charge on any atom is 0.0994 e. The van der Waals surface area contributed by atoms with Crippen molar-refractivity contribution in [2.45, 2.75) is 51.2 Å². The summed E-state index contributed by atoms with van der Waals surface area (Å²) in [5.41, 5.74) is 8.07. The SMILES string of the molecule is Cc1cc2c(cc1C#N)c(-c1cccc3c1CCN3)cn2[C@H]1CC[C@H](O)CC1. The zero-order chi connectivity index (χ0) is 19.3. The van der Waals surface area contributed by atoms with Crippen LogP contribution in [-0.4, -0.2) is 22.3 Å². The van der Waals surface area contributed by atoms with Crippen LogP contribution in [0.2, 0.25) is 0 Å². The lowest BCUT2D eigenvalue weighted by Gasteiger charge is -2.27. The predicted molar refractivity (Wildman–Crippen MR) is 113 cm³/mol. The first kappa shape index (κ1) is 17.3. The molecular weight excluding hydrogens is 346 g/mol. The summed E-state index contributed by atoms with van der Waals surface area (Å²) >= 11 is 0. The Hall–Kier alpha value is -2.77. The maximum absolute atomic E-state index is 9.94. The molecule has 2 N–H and O–H groups in total. The Morgan fingerprint density at radius 2 is 1.96 bits per heavy atom. The average molecular weight is 371 g/mol. The van der Waals surface area contributed by atoms with E-state index in [-0.39, 0.29) is 6.10 Å². The molecular formula is C24H25N3O. The van der Waals surface area contributed by atoms with Crippen molar-refractivity contribution >= 4 is 16.6 Å². The number of rotatable bonds is 2. The number of benzene rings is 2. The van der Waals surface area contributed by atoms with Gasteiger partial charge in [0.05, 0.1) is 17.7 Å². The van der Waals surface area contributed by atoms with E-state index < -0.39 is 0 Å². The molecule has 1 aliphatic carbocycles. The monoisotopic (exact) mass is 371 g/mol. The average Bonchev–Trinajstić information content (AvgIpc) is 3.32. The summed E-state index contributed by atoms with van der Waals surface area (Å²) in [6.45, 7) is 3.00. The van der Waals surface area contributed by atoms with E-state index in [9.17, 15) is 10.4 Å². The van der Waals surface area contributed by atoms with Gasteiger partial charge in [-0.25, -0.2) is 0 Å². The standard InChI is InChI=1S/C24H25N3O/c1-15-11-24-21(12-16(15)13-25)22(14-27(24)17-5-7-18(28)8-6-17)19-3-2-4-23-20(19)9-10-26-23/h2-4,11-12,14,17-18,26,28H,5-10H2,1H3/t17-,18-. The molecule has 0 spiro atoms. The van der Waals surface area contributed by atoms with E-state index in [4.69, 9.17) is 0 Å². The van der Waals surface area contributed by atoms with Gasteiger partial charge in [0.25, 0.3) is 0 Å². The molecule has 142 valence electrons. The Balaban J connectivity index is 1.73. The zero-order valence-corrected chi connectivity index (χ0v) is 16.2. The molecule has 1 aromatic heterocycles. The second-order valence-corrected chi connectivity index (χ2v) is 8.22. The number of aliphatic hydroxyl groups excluding tert-OH is 1. The summed E-state index contributed by atoms with van der Waals surface area (Å²) in [5.74, 6) is 0. The molecule has 5 rings (SSSR count). The molecule has 4 heteroatoms. The molecule has 28 heavy (non-hydrogen) atoms. The number of nitrogens with one attached hydrogen (secondary N) is 1. The summed E-state index contributed by atoms with van der Waals surface area (Å²) in [4.78, 5) is 0. The minimum Gasteiger partial charge on any atom is -0.393 e. The lowest BCUT2D eigenvalue weighted by molar-refractivity contribution is 0.111. The third-order valence-electron chi connectivity index (χ3n) is 6.52. The van der Waals surface area contributed by atoms with Crippen LogP contribution >= 0.6 is 0 Å². The highest BCUT2D eigenvalue weighted by Gasteiger charge is 2.25. The van der Waals surface area contributed by atoms with Crippen molar-refractivity contribution in [3.8, 4) is 17.2 Å². The van der Waals surface area contributed by atoms with Gasteiger partial charge in [-0.2, -0.15) is 5.26 Å². The van der Waals surface area contributed by atoms with Crippen molar-refractivity contribution in [2.24, 2.45) is 0 Å². The summed E-state index contributed by atoms with van der Waals surface area (Å²) < 4.78 is 2.41. The fraction of sp³-hybridized carbons (Fsp3) is 0.375. The predicted octanol–water partition coefficient (Wildman–Crippen LogP) is 4.93. The molecule has 0 unspecified atom stereocenters. The van der Waals surface area contributed by atoms with E-state index in [0.29, 0.717) is 6.04 Å². The molecule has 0 atom stereocenters. The third kappa shape index (κ3) is 2.70. The fourth-order valence-corrected chi connectivity index (χ4v) is 4.97. The Bertz CT molecular complexity index is 1100. The van der Waals surface area contributed by atoms with Crippen LogP contribution in [0.4, 0.5) is 5.69 Å². The van der Waals surface area contributed by atoms with Gasteiger partial charge in [-0.05, 0) is 73.9 Å². The number of nitriles is 1. The molecule has 0 bridgehead atoms. The lowest BCUT2D eigenvalue weighted by atomic mass is 9.93. The number of fused-ring (bicyclic) bond motifs is 2. The number of hydrogen-bond donors (Lipinski definition) is 2. The zero-order valence-electron chi connectivity index (χ0n) is 16.2. The van der Waals surface area contributed by atoms with Gasteiger partial charge in [-0.3, -0.25) is 0 Å². The van der Waals surface area contributed by atoms with Crippen molar-refractivity contribution in [1.29, 1.82) is 5.26 Å². The summed E-state index contributed by atoms with van der Waals surface area (Å²) in [5, 5.41) is 24.2. The Labute approximate surface area is 165 Å². The molecule has 0 amide bonds.